The monoisotopic (exact) mass is 489 g/mol. The van der Waals surface area contributed by atoms with Gasteiger partial charge in [0.15, 0.2) is 0 Å². The molecule has 0 saturated heterocycles. The Balaban J connectivity index is 1.70. The molecular formula is C26H27N5O5. The lowest BCUT2D eigenvalue weighted by molar-refractivity contribution is -0.384. The first-order valence-corrected chi connectivity index (χ1v) is 11.3. The summed E-state index contributed by atoms with van der Waals surface area (Å²) in [5.74, 6) is -0.528. The van der Waals surface area contributed by atoms with Crippen LogP contribution < -0.4 is 5.32 Å². The quantitative estimate of drug-likeness (QED) is 0.282. The van der Waals surface area contributed by atoms with Gasteiger partial charge in [-0.25, -0.2) is 4.79 Å². The van der Waals surface area contributed by atoms with Gasteiger partial charge in [0.25, 0.3) is 5.69 Å². The third-order valence-corrected chi connectivity index (χ3v) is 5.99. The number of nitro groups is 1. The van der Waals surface area contributed by atoms with Crippen LogP contribution in [0.1, 0.15) is 42.6 Å². The number of nitrogens with zero attached hydrogens (tertiary/aromatic N) is 4. The maximum Gasteiger partial charge on any atom is 0.336 e. The van der Waals surface area contributed by atoms with Crippen LogP contribution in [0.3, 0.4) is 0 Å². The lowest BCUT2D eigenvalue weighted by atomic mass is 9.80. The maximum atomic E-state index is 12.8. The number of nitro benzene ring substituents is 1. The summed E-state index contributed by atoms with van der Waals surface area (Å²) in [6.45, 7) is 4.72. The molecule has 36 heavy (non-hydrogen) atoms. The molecule has 1 aliphatic rings. The number of aromatic nitrogens is 2. The number of carbonyl (C=O) groups is 1. The van der Waals surface area contributed by atoms with Crippen LogP contribution in [0, 0.1) is 10.1 Å². The van der Waals surface area contributed by atoms with Gasteiger partial charge in [0.2, 0.25) is 11.7 Å². The van der Waals surface area contributed by atoms with E-state index in [2.05, 4.69) is 20.4 Å². The summed E-state index contributed by atoms with van der Waals surface area (Å²) in [6, 6.07) is 16.2. The van der Waals surface area contributed by atoms with Crippen molar-refractivity contribution in [2.24, 2.45) is 0 Å². The van der Waals surface area contributed by atoms with Gasteiger partial charge in [-0.1, -0.05) is 47.6 Å². The van der Waals surface area contributed by atoms with Crippen molar-refractivity contribution in [3.05, 3.63) is 105 Å². The zero-order valence-electron chi connectivity index (χ0n) is 20.5. The lowest BCUT2D eigenvalue weighted by Crippen LogP contribution is -2.28. The highest BCUT2D eigenvalue weighted by molar-refractivity contribution is 5.97. The average molecular weight is 490 g/mol. The first kappa shape index (κ1) is 24.8. The molecule has 10 heteroatoms. The van der Waals surface area contributed by atoms with Crippen molar-refractivity contribution in [2.75, 3.05) is 14.2 Å². The number of methoxy groups -OCH3 is 1. The second-order valence-corrected chi connectivity index (χ2v) is 8.65. The summed E-state index contributed by atoms with van der Waals surface area (Å²) >= 11 is 0. The molecule has 3 aromatic rings. The Kier molecular flexibility index (Phi) is 7.25. The second kappa shape index (κ2) is 10.5. The van der Waals surface area contributed by atoms with Gasteiger partial charge in [-0.3, -0.25) is 15.0 Å². The maximum absolute atomic E-state index is 12.8. The molecule has 1 aromatic heterocycles. The molecule has 0 fully saturated rings. The summed E-state index contributed by atoms with van der Waals surface area (Å²) < 4.78 is 10.6. The Bertz CT molecular complexity index is 1350. The van der Waals surface area contributed by atoms with Crippen LogP contribution in [0.4, 0.5) is 5.69 Å². The SMILES string of the molecule is COC(=O)C1=C(C)NC(C)=C(c2noc(CN(C)Cc3ccccc3)n2)C1c1cccc([N+](=O)[O-])c1. The Hall–Kier alpha value is -4.31. The van der Waals surface area contributed by atoms with Crippen molar-refractivity contribution in [3.8, 4) is 0 Å². The minimum absolute atomic E-state index is 0.0822. The molecule has 0 amide bonds. The number of non-ortho nitro benzene ring substituents is 1. The smallest absolute Gasteiger partial charge is 0.336 e. The predicted molar refractivity (Wildman–Crippen MR) is 132 cm³/mol. The minimum Gasteiger partial charge on any atom is -0.466 e. The standard InChI is InChI=1S/C26H27N5O5/c1-16-22(25-28-21(36-29-25)15-30(3)14-18-9-6-5-7-10-18)24(23(17(2)27-16)26(32)35-4)19-11-8-12-20(13-19)31(33)34/h5-13,24,27H,14-15H2,1-4H3. The minimum atomic E-state index is -0.689. The van der Waals surface area contributed by atoms with Gasteiger partial charge in [0.1, 0.15) is 0 Å². The molecule has 1 atom stereocenters. The molecule has 1 N–H and O–H groups in total. The van der Waals surface area contributed by atoms with Gasteiger partial charge in [0.05, 0.1) is 24.2 Å². The third-order valence-electron chi connectivity index (χ3n) is 5.99. The normalized spacial score (nSPS) is 15.8. The van der Waals surface area contributed by atoms with Crippen molar-refractivity contribution in [1.29, 1.82) is 0 Å². The van der Waals surface area contributed by atoms with Crippen LogP contribution >= 0.6 is 0 Å². The lowest BCUT2D eigenvalue weighted by Gasteiger charge is -2.29. The van der Waals surface area contributed by atoms with E-state index in [0.29, 0.717) is 52.9 Å². The number of allylic oxidation sites excluding steroid dienone is 3. The molecule has 2 aromatic carbocycles. The molecule has 1 aliphatic heterocycles. The van der Waals surface area contributed by atoms with E-state index in [4.69, 9.17) is 9.26 Å². The molecule has 186 valence electrons. The molecular weight excluding hydrogens is 462 g/mol. The number of rotatable bonds is 8. The first-order chi connectivity index (χ1) is 17.3. The average Bonchev–Trinajstić information content (AvgIpc) is 3.31. The first-order valence-electron chi connectivity index (χ1n) is 11.3. The van der Waals surface area contributed by atoms with E-state index in [1.807, 2.05) is 44.3 Å². The van der Waals surface area contributed by atoms with Crippen LogP contribution in [0.5, 0.6) is 0 Å². The summed E-state index contributed by atoms with van der Waals surface area (Å²) in [4.78, 5) is 30.5. The van der Waals surface area contributed by atoms with E-state index in [9.17, 15) is 14.9 Å². The van der Waals surface area contributed by atoms with Crippen molar-refractivity contribution in [3.63, 3.8) is 0 Å². The van der Waals surface area contributed by atoms with Crippen LogP contribution in [0.2, 0.25) is 0 Å². The number of hydrogen-bond acceptors (Lipinski definition) is 9. The number of hydrogen-bond donors (Lipinski definition) is 1. The predicted octanol–water partition coefficient (Wildman–Crippen LogP) is 4.17. The molecule has 2 heterocycles. The fourth-order valence-electron chi connectivity index (χ4n) is 4.43. The Morgan fingerprint density at radius 3 is 2.58 bits per heavy atom. The topological polar surface area (TPSA) is 124 Å². The van der Waals surface area contributed by atoms with Gasteiger partial charge in [0, 0.05) is 41.6 Å². The highest BCUT2D eigenvalue weighted by Crippen LogP contribution is 2.43. The van der Waals surface area contributed by atoms with Crippen LogP contribution in [0.15, 0.2) is 76.1 Å². The zero-order valence-corrected chi connectivity index (χ0v) is 20.5. The van der Waals surface area contributed by atoms with Crippen molar-refractivity contribution in [1.82, 2.24) is 20.4 Å². The van der Waals surface area contributed by atoms with E-state index in [1.165, 1.54) is 19.2 Å². The molecule has 10 nitrogen and oxygen atoms in total. The van der Waals surface area contributed by atoms with Gasteiger partial charge in [-0.2, -0.15) is 4.98 Å². The van der Waals surface area contributed by atoms with E-state index >= 15 is 0 Å². The Morgan fingerprint density at radius 1 is 1.14 bits per heavy atom. The molecule has 0 spiro atoms. The summed E-state index contributed by atoms with van der Waals surface area (Å²) in [5.41, 5.74) is 3.83. The van der Waals surface area contributed by atoms with Gasteiger partial charge in [-0.15, -0.1) is 0 Å². The molecule has 0 aliphatic carbocycles. The van der Waals surface area contributed by atoms with Crippen LogP contribution in [-0.2, 0) is 22.6 Å². The van der Waals surface area contributed by atoms with E-state index in [1.54, 1.807) is 19.1 Å². The summed E-state index contributed by atoms with van der Waals surface area (Å²) in [5, 5.41) is 18.9. The van der Waals surface area contributed by atoms with E-state index in [-0.39, 0.29) is 5.69 Å². The molecule has 0 radical (unpaired) electrons. The van der Waals surface area contributed by atoms with Crippen LogP contribution in [-0.4, -0.2) is 40.1 Å². The van der Waals surface area contributed by atoms with Gasteiger partial charge >= 0.3 is 5.97 Å². The highest BCUT2D eigenvalue weighted by atomic mass is 16.6. The summed E-state index contributed by atoms with van der Waals surface area (Å²) in [7, 11) is 3.25. The second-order valence-electron chi connectivity index (χ2n) is 8.65. The van der Waals surface area contributed by atoms with Crippen LogP contribution in [0.25, 0.3) is 5.57 Å². The fourth-order valence-corrected chi connectivity index (χ4v) is 4.43. The van der Waals surface area contributed by atoms with Gasteiger partial charge < -0.3 is 14.6 Å². The van der Waals surface area contributed by atoms with Crippen molar-refractivity contribution in [2.45, 2.75) is 32.9 Å². The number of ether oxygens (including phenoxy) is 1. The molecule has 0 saturated carbocycles. The van der Waals surface area contributed by atoms with E-state index in [0.717, 1.165) is 5.56 Å². The fraction of sp³-hybridized carbons (Fsp3) is 0.269. The number of carbonyl (C=O) groups excluding carboxylic acids is 1. The third kappa shape index (κ3) is 5.18. The number of nitrogens with one attached hydrogen (secondary N) is 1. The molecule has 0 bridgehead atoms. The Morgan fingerprint density at radius 2 is 1.89 bits per heavy atom. The number of dihydropyridines is 1. The molecule has 1 unspecified atom stereocenters. The number of esters is 1. The Labute approximate surface area is 208 Å². The van der Waals surface area contributed by atoms with Crippen molar-refractivity contribution < 1.29 is 19.0 Å². The van der Waals surface area contributed by atoms with Crippen molar-refractivity contribution >= 4 is 17.2 Å². The zero-order chi connectivity index (χ0) is 25.8. The summed E-state index contributed by atoms with van der Waals surface area (Å²) in [6.07, 6.45) is 0. The van der Waals surface area contributed by atoms with Gasteiger partial charge in [-0.05, 0) is 32.0 Å². The number of benzene rings is 2. The largest absolute Gasteiger partial charge is 0.466 e. The molecule has 4 rings (SSSR count). The van der Waals surface area contributed by atoms with E-state index < -0.39 is 16.8 Å². The highest BCUT2D eigenvalue weighted by Gasteiger charge is 2.37.